The molecule has 0 aliphatic heterocycles. The molecule has 54 heavy (non-hydrogen) atoms. The average molecular weight is 708 g/mol. The molecular weight excluding hydrogens is 671 g/mol. The summed E-state index contributed by atoms with van der Waals surface area (Å²) in [5, 5.41) is 2.60. The summed E-state index contributed by atoms with van der Waals surface area (Å²) in [6.45, 7) is 4.79. The summed E-state index contributed by atoms with van der Waals surface area (Å²) in [6, 6.07) is 70.2. The van der Waals surface area contributed by atoms with E-state index >= 15 is 0 Å². The van der Waals surface area contributed by atoms with Gasteiger partial charge in [0.15, 0.2) is 0 Å². The van der Waals surface area contributed by atoms with E-state index in [0.717, 1.165) is 11.4 Å². The molecule has 1 nitrogen and oxygen atoms in total. The van der Waals surface area contributed by atoms with Crippen LogP contribution in [0.3, 0.4) is 0 Å². The molecule has 256 valence electrons. The lowest BCUT2D eigenvalue weighted by molar-refractivity contribution is 0.661. The van der Waals surface area contributed by atoms with Gasteiger partial charge >= 0.3 is 0 Å². The fraction of sp³-hybridized carbons (Fsp3) is 0.0769. The average Bonchev–Trinajstić information content (AvgIpc) is 3.83. The van der Waals surface area contributed by atoms with Crippen LogP contribution in [0.2, 0.25) is 0 Å². The van der Waals surface area contributed by atoms with E-state index in [-0.39, 0.29) is 5.41 Å². The van der Waals surface area contributed by atoms with E-state index in [9.17, 15) is 0 Å². The molecule has 1 aromatic heterocycles. The van der Waals surface area contributed by atoms with Crippen molar-refractivity contribution in [3.05, 3.63) is 221 Å². The maximum absolute atomic E-state index is 2.54. The van der Waals surface area contributed by atoms with Gasteiger partial charge < -0.3 is 4.90 Å². The number of hydrogen-bond acceptors (Lipinski definition) is 2. The summed E-state index contributed by atoms with van der Waals surface area (Å²) >= 11 is 1.87. The molecule has 0 atom stereocenters. The van der Waals surface area contributed by atoms with Gasteiger partial charge in [-0.05, 0) is 98.1 Å². The number of hydrogen-bond donors (Lipinski definition) is 0. The molecule has 0 bridgehead atoms. The Morgan fingerprint density at radius 3 is 1.72 bits per heavy atom. The van der Waals surface area contributed by atoms with Gasteiger partial charge in [0.05, 0.1) is 11.1 Å². The Morgan fingerprint density at radius 2 is 0.963 bits per heavy atom. The van der Waals surface area contributed by atoms with Crippen molar-refractivity contribution < 1.29 is 0 Å². The second-order valence-electron chi connectivity index (χ2n) is 15.2. The third kappa shape index (κ3) is 4.26. The highest BCUT2D eigenvalue weighted by Crippen LogP contribution is 2.59. The first-order valence-corrected chi connectivity index (χ1v) is 19.7. The van der Waals surface area contributed by atoms with Gasteiger partial charge in [0.2, 0.25) is 0 Å². The second kappa shape index (κ2) is 11.6. The van der Waals surface area contributed by atoms with Crippen LogP contribution in [0, 0.1) is 0 Å². The third-order valence-corrected chi connectivity index (χ3v) is 13.3. The van der Waals surface area contributed by atoms with E-state index in [4.69, 9.17) is 0 Å². The topological polar surface area (TPSA) is 3.24 Å². The highest BCUT2D eigenvalue weighted by molar-refractivity contribution is 7.25. The van der Waals surface area contributed by atoms with Crippen LogP contribution in [0.4, 0.5) is 17.1 Å². The summed E-state index contributed by atoms with van der Waals surface area (Å²) in [5.41, 5.74) is 16.0. The van der Waals surface area contributed by atoms with Crippen molar-refractivity contribution in [1.29, 1.82) is 0 Å². The van der Waals surface area contributed by atoms with Crippen molar-refractivity contribution in [3.63, 3.8) is 0 Å². The van der Waals surface area contributed by atoms with E-state index in [1.54, 1.807) is 0 Å². The van der Waals surface area contributed by atoms with Crippen molar-refractivity contribution in [2.24, 2.45) is 0 Å². The minimum atomic E-state index is -0.488. The number of benzene rings is 8. The Balaban J connectivity index is 1.23. The van der Waals surface area contributed by atoms with Gasteiger partial charge in [-0.3, -0.25) is 0 Å². The lowest BCUT2D eigenvalue weighted by atomic mass is 9.67. The molecule has 0 radical (unpaired) electrons. The molecule has 9 aromatic rings. The Bertz CT molecular complexity index is 2880. The maximum atomic E-state index is 2.54. The van der Waals surface area contributed by atoms with Gasteiger partial charge in [-0.25, -0.2) is 0 Å². The standard InChI is InChI=1S/C52H37NS/c1-51(2)44-24-12-9-21-39(44)42-23-15-26-47(50(42)51)53(36-29-31-49-43(32-36)41-22-11-14-27-48(41)54-49)37-28-30-40-38-20-10-13-25-45(38)52(46(40)33-37,34-16-5-3-6-17-34)35-18-7-4-8-19-35/h3-33H,1-2H3. The predicted molar refractivity (Wildman–Crippen MR) is 229 cm³/mol. The zero-order chi connectivity index (χ0) is 36.0. The van der Waals surface area contributed by atoms with E-state index in [0.29, 0.717) is 0 Å². The molecule has 0 amide bonds. The number of thiophene rings is 1. The molecule has 0 saturated carbocycles. The van der Waals surface area contributed by atoms with Gasteiger partial charge in [0, 0.05) is 37.0 Å². The van der Waals surface area contributed by atoms with Crippen LogP contribution >= 0.6 is 11.3 Å². The van der Waals surface area contributed by atoms with E-state index in [2.05, 4.69) is 207 Å². The van der Waals surface area contributed by atoms with Crippen molar-refractivity contribution >= 4 is 48.6 Å². The molecule has 1 heterocycles. The smallest absolute Gasteiger partial charge is 0.0714 e. The Kier molecular flexibility index (Phi) is 6.75. The van der Waals surface area contributed by atoms with Crippen molar-refractivity contribution in [2.75, 3.05) is 4.90 Å². The van der Waals surface area contributed by atoms with Crippen LogP contribution in [0.25, 0.3) is 42.4 Å². The third-order valence-electron chi connectivity index (χ3n) is 12.1. The molecule has 2 aliphatic rings. The van der Waals surface area contributed by atoms with Crippen molar-refractivity contribution in [3.8, 4) is 22.3 Å². The maximum Gasteiger partial charge on any atom is 0.0714 e. The molecule has 11 rings (SSSR count). The molecule has 2 heteroatoms. The summed E-state index contributed by atoms with van der Waals surface area (Å²) < 4.78 is 2.63. The first-order valence-electron chi connectivity index (χ1n) is 18.9. The number of fused-ring (bicyclic) bond motifs is 9. The Labute approximate surface area is 320 Å². The summed E-state index contributed by atoms with van der Waals surface area (Å²) in [5.74, 6) is 0. The molecule has 0 spiro atoms. The van der Waals surface area contributed by atoms with E-state index < -0.39 is 5.41 Å². The van der Waals surface area contributed by atoms with Gasteiger partial charge in [-0.1, -0.05) is 159 Å². The minimum Gasteiger partial charge on any atom is -0.310 e. The van der Waals surface area contributed by atoms with Crippen LogP contribution in [0.5, 0.6) is 0 Å². The highest BCUT2D eigenvalue weighted by atomic mass is 32.1. The molecule has 2 aliphatic carbocycles. The first kappa shape index (κ1) is 31.3. The van der Waals surface area contributed by atoms with Crippen molar-refractivity contribution in [2.45, 2.75) is 24.7 Å². The Morgan fingerprint density at radius 1 is 0.407 bits per heavy atom. The van der Waals surface area contributed by atoms with E-state index in [1.807, 2.05) is 11.3 Å². The molecular formula is C52H37NS. The molecule has 0 saturated heterocycles. The van der Waals surface area contributed by atoms with Gasteiger partial charge in [0.1, 0.15) is 0 Å². The summed E-state index contributed by atoms with van der Waals surface area (Å²) in [7, 11) is 0. The number of rotatable bonds is 5. The lowest BCUT2D eigenvalue weighted by Crippen LogP contribution is -2.28. The van der Waals surface area contributed by atoms with Crippen LogP contribution in [0.15, 0.2) is 188 Å². The number of anilines is 3. The van der Waals surface area contributed by atoms with Gasteiger partial charge in [0.25, 0.3) is 0 Å². The quantitative estimate of drug-likeness (QED) is 0.172. The normalized spacial score (nSPS) is 14.4. The minimum absolute atomic E-state index is 0.190. The highest BCUT2D eigenvalue weighted by Gasteiger charge is 2.46. The van der Waals surface area contributed by atoms with Crippen LogP contribution in [0.1, 0.15) is 47.2 Å². The van der Waals surface area contributed by atoms with Crippen LogP contribution in [-0.4, -0.2) is 0 Å². The summed E-state index contributed by atoms with van der Waals surface area (Å²) in [4.78, 5) is 2.54. The largest absolute Gasteiger partial charge is 0.310 e. The number of nitrogens with zero attached hydrogens (tertiary/aromatic N) is 1. The monoisotopic (exact) mass is 707 g/mol. The van der Waals surface area contributed by atoms with Crippen LogP contribution in [-0.2, 0) is 10.8 Å². The zero-order valence-electron chi connectivity index (χ0n) is 30.3. The summed E-state index contributed by atoms with van der Waals surface area (Å²) in [6.07, 6.45) is 0. The SMILES string of the molecule is CC1(C)c2ccccc2-c2cccc(N(c3ccc4c(c3)C(c3ccccc3)(c3ccccc3)c3ccccc3-4)c3ccc4sc5ccccc5c4c3)c21. The van der Waals surface area contributed by atoms with Gasteiger partial charge in [-0.15, -0.1) is 11.3 Å². The zero-order valence-corrected chi connectivity index (χ0v) is 31.1. The second-order valence-corrected chi connectivity index (χ2v) is 16.3. The van der Waals surface area contributed by atoms with E-state index in [1.165, 1.54) is 81.5 Å². The van der Waals surface area contributed by atoms with Gasteiger partial charge in [-0.2, -0.15) is 0 Å². The predicted octanol–water partition coefficient (Wildman–Crippen LogP) is 14.2. The molecule has 0 N–H and O–H groups in total. The van der Waals surface area contributed by atoms with Crippen LogP contribution < -0.4 is 4.90 Å². The lowest BCUT2D eigenvalue weighted by Gasteiger charge is -2.35. The molecule has 8 aromatic carbocycles. The first-order chi connectivity index (χ1) is 26.5. The fourth-order valence-electron chi connectivity index (χ4n) is 9.86. The van der Waals surface area contributed by atoms with Crippen molar-refractivity contribution in [1.82, 2.24) is 0 Å². The molecule has 0 unspecified atom stereocenters. The fourth-order valence-corrected chi connectivity index (χ4v) is 10.9. The Hall–Kier alpha value is -6.22. The molecule has 0 fully saturated rings.